The molecule has 0 heterocycles. The van der Waals surface area contributed by atoms with Crippen molar-refractivity contribution in [3.63, 3.8) is 0 Å². The number of carbonyl (C=O) groups excluding carboxylic acids is 1. The molecule has 26 heavy (non-hydrogen) atoms. The van der Waals surface area contributed by atoms with Crippen LogP contribution in [0.25, 0.3) is 0 Å². The van der Waals surface area contributed by atoms with Crippen LogP contribution in [0.1, 0.15) is 10.4 Å². The molecule has 0 radical (unpaired) electrons. The van der Waals surface area contributed by atoms with E-state index in [1.807, 2.05) is 0 Å². The monoisotopic (exact) mass is 403 g/mol. The molecule has 0 bridgehead atoms. The minimum Gasteiger partial charge on any atom is -0.496 e. The summed E-state index contributed by atoms with van der Waals surface area (Å²) in [5.74, 6) is -2.29. The number of anilines is 1. The van der Waals surface area contributed by atoms with E-state index in [-0.39, 0.29) is 38.7 Å². The molecule has 5 nitrogen and oxygen atoms in total. The lowest BCUT2D eigenvalue weighted by atomic mass is 10.1. The summed E-state index contributed by atoms with van der Waals surface area (Å²) in [4.78, 5) is 12.8. The number of ether oxygens (including phenoxy) is 3. The van der Waals surface area contributed by atoms with Crippen LogP contribution in [0, 0.1) is 0 Å². The fourth-order valence-corrected chi connectivity index (χ4v) is 3.13. The van der Waals surface area contributed by atoms with Crippen molar-refractivity contribution in [1.82, 2.24) is 0 Å². The molecule has 1 amide bonds. The second kappa shape index (κ2) is 8.95. The number of alkyl halides is 2. The second-order valence-corrected chi connectivity index (χ2v) is 6.26. The highest BCUT2D eigenvalue weighted by atomic mass is 35.5. The van der Waals surface area contributed by atoms with Gasteiger partial charge in [0.15, 0.2) is 11.5 Å². The molecular formula is C17H16ClF2NO4S. The SMILES string of the molecule is COc1cc(OC)c(C(=O)Nc2cccc(Cl)c2SC(F)F)cc1OC. The van der Waals surface area contributed by atoms with Crippen molar-refractivity contribution in [3.8, 4) is 17.2 Å². The normalized spacial score (nSPS) is 10.6. The highest BCUT2D eigenvalue weighted by molar-refractivity contribution is 7.99. The van der Waals surface area contributed by atoms with E-state index in [2.05, 4.69) is 5.32 Å². The van der Waals surface area contributed by atoms with Crippen molar-refractivity contribution < 1.29 is 27.8 Å². The molecule has 0 saturated heterocycles. The Bertz CT molecular complexity index is 805. The van der Waals surface area contributed by atoms with Gasteiger partial charge in [-0.3, -0.25) is 4.79 Å². The summed E-state index contributed by atoms with van der Waals surface area (Å²) in [6, 6.07) is 7.46. The number of hydrogen-bond donors (Lipinski definition) is 1. The molecule has 9 heteroatoms. The molecule has 2 aromatic rings. The number of rotatable bonds is 7. The molecule has 0 unspecified atom stereocenters. The Hall–Kier alpha value is -2.19. The van der Waals surface area contributed by atoms with Crippen LogP contribution in [0.5, 0.6) is 17.2 Å². The molecule has 2 aromatic carbocycles. The standard InChI is InChI=1S/C17H16ClF2NO4S/c1-23-12-8-14(25-3)13(24-2)7-9(12)16(22)21-11-6-4-5-10(18)15(11)26-17(19)20/h4-8,17H,1-3H3,(H,21,22). The Kier molecular flexibility index (Phi) is 6.93. The Labute approximate surface area is 158 Å². The van der Waals surface area contributed by atoms with Gasteiger partial charge in [-0.25, -0.2) is 0 Å². The van der Waals surface area contributed by atoms with Crippen LogP contribution in [0.2, 0.25) is 5.02 Å². The van der Waals surface area contributed by atoms with E-state index in [1.54, 1.807) is 6.07 Å². The van der Waals surface area contributed by atoms with Gasteiger partial charge in [0.2, 0.25) is 0 Å². The molecule has 0 atom stereocenters. The lowest BCUT2D eigenvalue weighted by Crippen LogP contribution is -2.14. The molecule has 0 aromatic heterocycles. The summed E-state index contributed by atoms with van der Waals surface area (Å²) in [5, 5.41) is 2.70. The van der Waals surface area contributed by atoms with Gasteiger partial charge in [-0.1, -0.05) is 29.4 Å². The maximum Gasteiger partial charge on any atom is 0.289 e. The largest absolute Gasteiger partial charge is 0.496 e. The molecule has 0 saturated carbocycles. The zero-order valence-corrected chi connectivity index (χ0v) is 15.7. The lowest BCUT2D eigenvalue weighted by Gasteiger charge is -2.15. The van der Waals surface area contributed by atoms with Gasteiger partial charge < -0.3 is 19.5 Å². The fraction of sp³-hybridized carbons (Fsp3) is 0.235. The molecule has 2 rings (SSSR count). The molecule has 0 aliphatic heterocycles. The molecule has 0 aliphatic carbocycles. The smallest absolute Gasteiger partial charge is 0.289 e. The van der Waals surface area contributed by atoms with Gasteiger partial charge in [-0.15, -0.1) is 0 Å². The first-order valence-electron chi connectivity index (χ1n) is 7.26. The number of hydrogen-bond acceptors (Lipinski definition) is 5. The quantitative estimate of drug-likeness (QED) is 0.664. The van der Waals surface area contributed by atoms with E-state index in [4.69, 9.17) is 25.8 Å². The van der Waals surface area contributed by atoms with E-state index in [9.17, 15) is 13.6 Å². The summed E-state index contributed by atoms with van der Waals surface area (Å²) < 4.78 is 41.1. The number of thioether (sulfide) groups is 1. The van der Waals surface area contributed by atoms with E-state index in [0.29, 0.717) is 11.5 Å². The summed E-state index contributed by atoms with van der Waals surface area (Å²) in [6.45, 7) is 0. The first-order chi connectivity index (χ1) is 12.4. The number of methoxy groups -OCH3 is 3. The lowest BCUT2D eigenvalue weighted by molar-refractivity contribution is 0.102. The van der Waals surface area contributed by atoms with Crippen molar-refractivity contribution in [2.24, 2.45) is 0 Å². The Balaban J connectivity index is 2.41. The van der Waals surface area contributed by atoms with E-state index >= 15 is 0 Å². The predicted molar refractivity (Wildman–Crippen MR) is 97.4 cm³/mol. The molecule has 0 fully saturated rings. The summed E-state index contributed by atoms with van der Waals surface area (Å²) >= 11 is 6.24. The predicted octanol–water partition coefficient (Wildman–Crippen LogP) is 4.93. The third-order valence-corrected chi connectivity index (χ3v) is 4.65. The van der Waals surface area contributed by atoms with Crippen LogP contribution in [0.3, 0.4) is 0 Å². The highest BCUT2D eigenvalue weighted by Crippen LogP contribution is 2.39. The summed E-state index contributed by atoms with van der Waals surface area (Å²) in [7, 11) is 4.28. The van der Waals surface area contributed by atoms with Crippen molar-refractivity contribution in [3.05, 3.63) is 40.9 Å². The van der Waals surface area contributed by atoms with E-state index in [1.165, 1.54) is 45.6 Å². The first-order valence-corrected chi connectivity index (χ1v) is 8.51. The zero-order valence-electron chi connectivity index (χ0n) is 14.1. The topological polar surface area (TPSA) is 56.8 Å². The molecule has 1 N–H and O–H groups in total. The number of nitrogens with one attached hydrogen (secondary N) is 1. The van der Waals surface area contributed by atoms with Gasteiger partial charge >= 0.3 is 0 Å². The number of benzene rings is 2. The number of halogens is 3. The maximum absolute atomic E-state index is 12.8. The van der Waals surface area contributed by atoms with Crippen molar-refractivity contribution in [1.29, 1.82) is 0 Å². The Morgan fingerprint density at radius 1 is 1.08 bits per heavy atom. The van der Waals surface area contributed by atoms with Crippen LogP contribution in [0.15, 0.2) is 35.2 Å². The van der Waals surface area contributed by atoms with Crippen LogP contribution in [0.4, 0.5) is 14.5 Å². The number of carbonyl (C=O) groups is 1. The van der Waals surface area contributed by atoms with Gasteiger partial charge in [0.25, 0.3) is 11.7 Å². The van der Waals surface area contributed by atoms with Crippen LogP contribution in [-0.4, -0.2) is 33.0 Å². The average molecular weight is 404 g/mol. The Morgan fingerprint density at radius 3 is 2.27 bits per heavy atom. The van der Waals surface area contributed by atoms with Crippen molar-refractivity contribution >= 4 is 35.0 Å². The average Bonchev–Trinajstić information content (AvgIpc) is 2.62. The highest BCUT2D eigenvalue weighted by Gasteiger charge is 2.20. The van der Waals surface area contributed by atoms with Gasteiger partial charge in [-0.05, 0) is 12.1 Å². The molecule has 0 spiro atoms. The van der Waals surface area contributed by atoms with Gasteiger partial charge in [0.1, 0.15) is 5.75 Å². The minimum absolute atomic E-state index is 0.0805. The number of amides is 1. The molecular weight excluding hydrogens is 388 g/mol. The zero-order chi connectivity index (χ0) is 19.3. The first kappa shape index (κ1) is 20.1. The van der Waals surface area contributed by atoms with E-state index < -0.39 is 11.7 Å². The van der Waals surface area contributed by atoms with Gasteiger partial charge in [0, 0.05) is 12.1 Å². The van der Waals surface area contributed by atoms with Gasteiger partial charge in [-0.2, -0.15) is 8.78 Å². The third-order valence-electron chi connectivity index (χ3n) is 3.37. The van der Waals surface area contributed by atoms with Gasteiger partial charge in [0.05, 0.1) is 42.5 Å². The molecule has 140 valence electrons. The minimum atomic E-state index is -2.68. The second-order valence-electron chi connectivity index (χ2n) is 4.86. The van der Waals surface area contributed by atoms with E-state index in [0.717, 1.165) is 0 Å². The summed E-state index contributed by atoms with van der Waals surface area (Å²) in [5.41, 5.74) is 0.322. The van der Waals surface area contributed by atoms with Crippen molar-refractivity contribution in [2.75, 3.05) is 26.6 Å². The third kappa shape index (κ3) is 4.50. The molecule has 0 aliphatic rings. The van der Waals surface area contributed by atoms with Crippen LogP contribution < -0.4 is 19.5 Å². The Morgan fingerprint density at radius 2 is 1.69 bits per heavy atom. The fourth-order valence-electron chi connectivity index (χ4n) is 2.21. The van der Waals surface area contributed by atoms with Crippen molar-refractivity contribution in [2.45, 2.75) is 10.7 Å². The van der Waals surface area contributed by atoms with Crippen LogP contribution in [-0.2, 0) is 0 Å². The summed E-state index contributed by atoms with van der Waals surface area (Å²) in [6.07, 6.45) is 0. The van der Waals surface area contributed by atoms with Crippen LogP contribution >= 0.6 is 23.4 Å². The maximum atomic E-state index is 12.8.